The van der Waals surface area contributed by atoms with Crippen LogP contribution in [0.5, 0.6) is 11.6 Å². The molecule has 3 aromatic heterocycles. The van der Waals surface area contributed by atoms with Gasteiger partial charge < -0.3 is 24.8 Å². The number of urea groups is 1. The van der Waals surface area contributed by atoms with E-state index in [2.05, 4.69) is 25.6 Å². The number of pyridine rings is 2. The van der Waals surface area contributed by atoms with Crippen molar-refractivity contribution in [2.45, 2.75) is 6.92 Å². The molecule has 0 radical (unpaired) electrons. The maximum Gasteiger partial charge on any atom is 0.707 e. The number of nitrogens with one attached hydrogen (secondary N) is 2. The summed E-state index contributed by atoms with van der Waals surface area (Å²) in [5, 5.41) is 25.9. The molecular formula is C17H18BN5O5S. The molecule has 29 heavy (non-hydrogen) atoms. The van der Waals surface area contributed by atoms with Gasteiger partial charge in [-0.1, -0.05) is 6.07 Å². The first kappa shape index (κ1) is 20.5. The zero-order valence-electron chi connectivity index (χ0n) is 15.6. The van der Waals surface area contributed by atoms with E-state index in [0.717, 1.165) is 0 Å². The van der Waals surface area contributed by atoms with E-state index in [1.54, 1.807) is 30.5 Å². The Hall–Kier alpha value is -3.22. The third-order valence-electron chi connectivity index (χ3n) is 3.61. The molecule has 3 aromatic rings. The molecule has 0 aliphatic rings. The van der Waals surface area contributed by atoms with Crippen molar-refractivity contribution < 1.29 is 24.2 Å². The maximum atomic E-state index is 11.8. The van der Waals surface area contributed by atoms with Gasteiger partial charge in [0.1, 0.15) is 22.3 Å². The SMILES string of the molecule is CCNC(=O)Nc1cc(-c2nc(-c3cccc(OC)n3)cs2)c(OB(O)O)cn1. The van der Waals surface area contributed by atoms with Crippen LogP contribution in [0.4, 0.5) is 10.6 Å². The fourth-order valence-electron chi connectivity index (χ4n) is 2.39. The molecule has 0 spiro atoms. The van der Waals surface area contributed by atoms with E-state index in [-0.39, 0.29) is 11.6 Å². The van der Waals surface area contributed by atoms with Gasteiger partial charge in [-0.2, -0.15) is 0 Å². The molecule has 12 heteroatoms. The van der Waals surface area contributed by atoms with Crippen LogP contribution in [-0.2, 0) is 0 Å². The number of amides is 2. The van der Waals surface area contributed by atoms with E-state index in [4.69, 9.17) is 9.39 Å². The zero-order chi connectivity index (χ0) is 20.8. The normalized spacial score (nSPS) is 10.3. The monoisotopic (exact) mass is 415 g/mol. The van der Waals surface area contributed by atoms with Gasteiger partial charge in [-0.3, -0.25) is 5.32 Å². The van der Waals surface area contributed by atoms with E-state index in [0.29, 0.717) is 34.4 Å². The molecule has 0 saturated carbocycles. The van der Waals surface area contributed by atoms with Crippen molar-refractivity contribution in [3.63, 3.8) is 0 Å². The second-order valence-corrected chi connectivity index (χ2v) is 6.46. The average molecular weight is 415 g/mol. The lowest BCUT2D eigenvalue weighted by Gasteiger charge is -2.11. The summed E-state index contributed by atoms with van der Waals surface area (Å²) in [5.74, 6) is 0.810. The number of anilines is 1. The lowest BCUT2D eigenvalue weighted by atomic mass is 10.2. The van der Waals surface area contributed by atoms with E-state index >= 15 is 0 Å². The van der Waals surface area contributed by atoms with Gasteiger partial charge in [0.15, 0.2) is 0 Å². The van der Waals surface area contributed by atoms with E-state index in [9.17, 15) is 14.8 Å². The summed E-state index contributed by atoms with van der Waals surface area (Å²) < 4.78 is 10.1. The molecule has 2 amide bonds. The number of carbonyl (C=O) groups excluding carboxylic acids is 1. The number of thiazole rings is 1. The Kier molecular flexibility index (Phi) is 6.59. The molecule has 0 unspecified atom stereocenters. The molecule has 0 atom stereocenters. The lowest BCUT2D eigenvalue weighted by molar-refractivity contribution is 0.252. The fraction of sp³-hybridized carbons (Fsp3) is 0.176. The van der Waals surface area contributed by atoms with Gasteiger partial charge in [0.25, 0.3) is 0 Å². The molecular weight excluding hydrogens is 397 g/mol. The summed E-state index contributed by atoms with van der Waals surface area (Å²) in [5.41, 5.74) is 1.65. The van der Waals surface area contributed by atoms with Crippen LogP contribution in [0, 0.1) is 0 Å². The Morgan fingerprint density at radius 1 is 1.28 bits per heavy atom. The smallest absolute Gasteiger partial charge is 0.510 e. The zero-order valence-corrected chi connectivity index (χ0v) is 16.4. The first-order valence-corrected chi connectivity index (χ1v) is 9.43. The molecule has 10 nitrogen and oxygen atoms in total. The topological polar surface area (TPSA) is 139 Å². The van der Waals surface area contributed by atoms with Crippen molar-refractivity contribution in [1.82, 2.24) is 20.3 Å². The van der Waals surface area contributed by atoms with Gasteiger partial charge in [0.05, 0.1) is 24.6 Å². The van der Waals surface area contributed by atoms with E-state index in [1.807, 2.05) is 0 Å². The molecule has 3 heterocycles. The van der Waals surface area contributed by atoms with Gasteiger partial charge >= 0.3 is 13.4 Å². The first-order chi connectivity index (χ1) is 14.0. The summed E-state index contributed by atoms with van der Waals surface area (Å²) in [6.45, 7) is 2.25. The van der Waals surface area contributed by atoms with Crippen LogP contribution in [0.2, 0.25) is 0 Å². The van der Waals surface area contributed by atoms with Crippen LogP contribution in [0.1, 0.15) is 6.92 Å². The Morgan fingerprint density at radius 3 is 2.83 bits per heavy atom. The van der Waals surface area contributed by atoms with Crippen LogP contribution in [0.25, 0.3) is 22.0 Å². The molecule has 4 N–H and O–H groups in total. The largest absolute Gasteiger partial charge is 0.707 e. The minimum atomic E-state index is -2.03. The van der Waals surface area contributed by atoms with Crippen molar-refractivity contribution in [2.75, 3.05) is 19.0 Å². The Morgan fingerprint density at radius 2 is 2.10 bits per heavy atom. The third kappa shape index (κ3) is 5.19. The first-order valence-electron chi connectivity index (χ1n) is 8.55. The third-order valence-corrected chi connectivity index (χ3v) is 4.48. The summed E-state index contributed by atoms with van der Waals surface area (Å²) >= 11 is 1.30. The van der Waals surface area contributed by atoms with E-state index < -0.39 is 13.4 Å². The second-order valence-electron chi connectivity index (χ2n) is 5.60. The van der Waals surface area contributed by atoms with Crippen molar-refractivity contribution in [1.29, 1.82) is 0 Å². The fourth-order valence-corrected chi connectivity index (χ4v) is 3.23. The van der Waals surface area contributed by atoms with Gasteiger partial charge in [-0.15, -0.1) is 11.3 Å². The quantitative estimate of drug-likeness (QED) is 0.428. The van der Waals surface area contributed by atoms with Crippen LogP contribution < -0.4 is 20.0 Å². The van der Waals surface area contributed by atoms with Crippen LogP contribution in [0.3, 0.4) is 0 Å². The number of hydrogen-bond acceptors (Lipinski definition) is 9. The minimum absolute atomic E-state index is 0.0981. The summed E-state index contributed by atoms with van der Waals surface area (Å²) in [7, 11) is -0.500. The van der Waals surface area contributed by atoms with Crippen molar-refractivity contribution >= 4 is 30.5 Å². The number of aromatic nitrogens is 3. The van der Waals surface area contributed by atoms with Crippen LogP contribution >= 0.6 is 11.3 Å². The van der Waals surface area contributed by atoms with Crippen LogP contribution in [0.15, 0.2) is 35.8 Å². The van der Waals surface area contributed by atoms with Gasteiger partial charge in [-0.05, 0) is 19.1 Å². The Balaban J connectivity index is 1.96. The average Bonchev–Trinajstić information content (AvgIpc) is 3.19. The van der Waals surface area contributed by atoms with Crippen molar-refractivity contribution in [3.05, 3.63) is 35.8 Å². The Labute approximate surface area is 170 Å². The lowest BCUT2D eigenvalue weighted by Crippen LogP contribution is -2.28. The highest BCUT2D eigenvalue weighted by molar-refractivity contribution is 7.13. The standard InChI is InChI=1S/C17H18BN5O5S/c1-3-19-17(24)23-14-7-10(13(8-20-14)28-18(25)26)16-22-12(9-29-16)11-5-4-6-15(21-11)27-2/h4-9,25-26H,3H2,1-2H3,(H2,19,20,23,24). The maximum absolute atomic E-state index is 11.8. The molecule has 0 aromatic carbocycles. The van der Waals surface area contributed by atoms with Gasteiger partial charge in [0.2, 0.25) is 5.88 Å². The number of nitrogens with zero attached hydrogens (tertiary/aromatic N) is 3. The van der Waals surface area contributed by atoms with Crippen LogP contribution in [-0.4, -0.2) is 52.0 Å². The molecule has 0 aliphatic heterocycles. The number of methoxy groups -OCH3 is 1. The molecule has 0 fully saturated rings. The summed E-state index contributed by atoms with van der Waals surface area (Å²) in [4.78, 5) is 24.7. The summed E-state index contributed by atoms with van der Waals surface area (Å²) in [6.07, 6.45) is 1.28. The number of carbonyl (C=O) groups is 1. The highest BCUT2D eigenvalue weighted by Gasteiger charge is 2.19. The number of ether oxygens (including phenoxy) is 1. The van der Waals surface area contributed by atoms with Gasteiger partial charge in [-0.25, -0.2) is 19.7 Å². The molecule has 0 aliphatic carbocycles. The molecule has 0 bridgehead atoms. The number of rotatable bonds is 7. The minimum Gasteiger partial charge on any atom is -0.510 e. The molecule has 150 valence electrons. The molecule has 3 rings (SSSR count). The Bertz CT molecular complexity index is 1000. The number of hydrogen-bond donors (Lipinski definition) is 4. The van der Waals surface area contributed by atoms with E-state index in [1.165, 1.54) is 30.7 Å². The van der Waals surface area contributed by atoms with Crippen molar-refractivity contribution in [3.8, 4) is 33.6 Å². The highest BCUT2D eigenvalue weighted by atomic mass is 32.1. The van der Waals surface area contributed by atoms with Gasteiger partial charge in [0, 0.05) is 18.0 Å². The predicted molar refractivity (Wildman–Crippen MR) is 109 cm³/mol. The van der Waals surface area contributed by atoms with Crippen molar-refractivity contribution in [2.24, 2.45) is 0 Å². The predicted octanol–water partition coefficient (Wildman–Crippen LogP) is 1.77. The molecule has 0 saturated heterocycles. The highest BCUT2D eigenvalue weighted by Crippen LogP contribution is 2.35. The second kappa shape index (κ2) is 9.32. The summed E-state index contributed by atoms with van der Waals surface area (Å²) in [6, 6.07) is 6.45.